The van der Waals surface area contributed by atoms with Crippen LogP contribution in [-0.4, -0.2) is 23.7 Å². The molecule has 1 amide bonds. The van der Waals surface area contributed by atoms with Crippen molar-refractivity contribution in [2.75, 3.05) is 6.54 Å². The predicted octanol–water partition coefficient (Wildman–Crippen LogP) is 1.73. The Bertz CT molecular complexity index is 396. The van der Waals surface area contributed by atoms with Gasteiger partial charge in [-0.15, -0.1) is 11.3 Å². The van der Waals surface area contributed by atoms with E-state index >= 15 is 0 Å². The second-order valence-electron chi connectivity index (χ2n) is 5.72. The van der Waals surface area contributed by atoms with E-state index in [4.69, 9.17) is 5.73 Å². The van der Waals surface area contributed by atoms with Crippen molar-refractivity contribution in [3.8, 4) is 0 Å². The molecule has 5 heteroatoms. The minimum absolute atomic E-state index is 0.128. The van der Waals surface area contributed by atoms with Crippen LogP contribution in [-0.2, 0) is 6.54 Å². The monoisotopic (exact) mass is 270 g/mol. The van der Waals surface area contributed by atoms with Crippen molar-refractivity contribution >= 4 is 17.2 Å². The summed E-state index contributed by atoms with van der Waals surface area (Å²) in [6.07, 6.45) is 0.414. The molecule has 0 aliphatic rings. The van der Waals surface area contributed by atoms with Crippen LogP contribution < -0.4 is 11.1 Å². The van der Waals surface area contributed by atoms with Crippen LogP contribution in [0.1, 0.15) is 42.4 Å². The van der Waals surface area contributed by atoms with Gasteiger partial charge in [0.1, 0.15) is 0 Å². The third-order valence-corrected chi connectivity index (χ3v) is 3.40. The molecule has 0 saturated carbocycles. The van der Waals surface area contributed by atoms with Crippen molar-refractivity contribution < 1.29 is 9.90 Å². The first kappa shape index (κ1) is 15.1. The van der Waals surface area contributed by atoms with E-state index in [-0.39, 0.29) is 11.5 Å². The summed E-state index contributed by atoms with van der Waals surface area (Å²) in [4.78, 5) is 12.0. The van der Waals surface area contributed by atoms with E-state index in [0.717, 1.165) is 11.3 Å². The molecular formula is C13H22N2O2S. The van der Waals surface area contributed by atoms with Crippen molar-refractivity contribution in [3.63, 3.8) is 0 Å². The zero-order valence-electron chi connectivity index (χ0n) is 11.2. The topological polar surface area (TPSA) is 75.3 Å². The third-order valence-electron chi connectivity index (χ3n) is 2.47. The number of rotatable bonds is 6. The predicted molar refractivity (Wildman–Crippen MR) is 74.6 cm³/mol. The van der Waals surface area contributed by atoms with Crippen LogP contribution in [0.2, 0.25) is 0 Å². The quantitative estimate of drug-likeness (QED) is 0.737. The number of aliphatic hydroxyl groups is 1. The Hall–Kier alpha value is -0.910. The number of hydrogen-bond donors (Lipinski definition) is 3. The fraction of sp³-hybridized carbons (Fsp3) is 0.615. The molecule has 4 N–H and O–H groups in total. The van der Waals surface area contributed by atoms with Gasteiger partial charge < -0.3 is 16.2 Å². The standard InChI is InChI=1S/C13H22N2O2S/c1-13(2,3)5-10(16)6-15-7-11-4-9(8-18-11)12(14)17/h4,8,10,15-16H,5-7H2,1-3H3,(H2,14,17). The summed E-state index contributed by atoms with van der Waals surface area (Å²) in [7, 11) is 0. The van der Waals surface area contributed by atoms with E-state index < -0.39 is 5.91 Å². The van der Waals surface area contributed by atoms with E-state index in [2.05, 4.69) is 26.1 Å². The largest absolute Gasteiger partial charge is 0.392 e. The van der Waals surface area contributed by atoms with E-state index in [1.165, 1.54) is 11.3 Å². The number of carbonyl (C=O) groups excluding carboxylic acids is 1. The van der Waals surface area contributed by atoms with E-state index in [1.807, 2.05) is 0 Å². The minimum Gasteiger partial charge on any atom is -0.392 e. The smallest absolute Gasteiger partial charge is 0.249 e. The summed E-state index contributed by atoms with van der Waals surface area (Å²) in [6.45, 7) is 7.53. The highest BCUT2D eigenvalue weighted by molar-refractivity contribution is 7.10. The Morgan fingerprint density at radius 2 is 2.22 bits per heavy atom. The molecule has 1 rings (SSSR count). The second kappa shape index (κ2) is 6.31. The van der Waals surface area contributed by atoms with Gasteiger partial charge in [0, 0.05) is 23.3 Å². The average Bonchev–Trinajstić information content (AvgIpc) is 2.63. The van der Waals surface area contributed by atoms with Crippen LogP contribution >= 0.6 is 11.3 Å². The van der Waals surface area contributed by atoms with Crippen molar-refractivity contribution in [1.29, 1.82) is 0 Å². The summed E-state index contributed by atoms with van der Waals surface area (Å²) in [5.74, 6) is -0.398. The third kappa shape index (κ3) is 5.62. The molecular weight excluding hydrogens is 248 g/mol. The maximum absolute atomic E-state index is 10.9. The highest BCUT2D eigenvalue weighted by Gasteiger charge is 2.16. The van der Waals surface area contributed by atoms with Crippen LogP contribution in [0.4, 0.5) is 0 Å². The number of amides is 1. The Labute approximate surface area is 112 Å². The fourth-order valence-corrected chi connectivity index (χ4v) is 2.59. The molecule has 1 heterocycles. The SMILES string of the molecule is CC(C)(C)CC(O)CNCc1cc(C(N)=O)cs1. The molecule has 0 saturated heterocycles. The number of nitrogens with one attached hydrogen (secondary N) is 1. The molecule has 0 aliphatic carbocycles. The molecule has 0 fully saturated rings. The second-order valence-corrected chi connectivity index (χ2v) is 6.71. The molecule has 0 aromatic carbocycles. The lowest BCUT2D eigenvalue weighted by molar-refractivity contribution is 0.100. The number of aliphatic hydroxyl groups excluding tert-OH is 1. The molecule has 102 valence electrons. The first-order valence-electron chi connectivity index (χ1n) is 6.04. The highest BCUT2D eigenvalue weighted by atomic mass is 32.1. The van der Waals surface area contributed by atoms with Crippen LogP contribution in [0.25, 0.3) is 0 Å². The summed E-state index contributed by atoms with van der Waals surface area (Å²) in [6, 6.07) is 1.79. The van der Waals surface area contributed by atoms with E-state index in [9.17, 15) is 9.90 Å². The van der Waals surface area contributed by atoms with Gasteiger partial charge >= 0.3 is 0 Å². The summed E-state index contributed by atoms with van der Waals surface area (Å²) < 4.78 is 0. The van der Waals surface area contributed by atoms with Gasteiger partial charge in [0.15, 0.2) is 0 Å². The minimum atomic E-state index is -0.398. The summed E-state index contributed by atoms with van der Waals surface area (Å²) in [5, 5.41) is 14.8. The van der Waals surface area contributed by atoms with Gasteiger partial charge in [0.25, 0.3) is 0 Å². The van der Waals surface area contributed by atoms with Crippen LogP contribution in [0.5, 0.6) is 0 Å². The van der Waals surface area contributed by atoms with Crippen LogP contribution in [0, 0.1) is 5.41 Å². The average molecular weight is 270 g/mol. The van der Waals surface area contributed by atoms with E-state index in [1.54, 1.807) is 11.4 Å². The van der Waals surface area contributed by atoms with Gasteiger partial charge in [0.2, 0.25) is 5.91 Å². The Morgan fingerprint density at radius 1 is 1.56 bits per heavy atom. The molecule has 18 heavy (non-hydrogen) atoms. The number of primary amides is 1. The number of nitrogens with two attached hydrogens (primary N) is 1. The molecule has 0 radical (unpaired) electrons. The molecule has 1 aromatic heterocycles. The summed E-state index contributed by atoms with van der Waals surface area (Å²) in [5.41, 5.74) is 5.86. The summed E-state index contributed by atoms with van der Waals surface area (Å²) >= 11 is 1.50. The van der Waals surface area contributed by atoms with Gasteiger partial charge in [0.05, 0.1) is 11.7 Å². The van der Waals surface area contributed by atoms with Crippen molar-refractivity contribution in [3.05, 3.63) is 21.9 Å². The molecule has 1 unspecified atom stereocenters. The normalized spacial score (nSPS) is 13.6. The number of thiophene rings is 1. The Morgan fingerprint density at radius 3 is 2.72 bits per heavy atom. The zero-order chi connectivity index (χ0) is 13.8. The first-order valence-corrected chi connectivity index (χ1v) is 6.92. The van der Waals surface area contributed by atoms with E-state index in [0.29, 0.717) is 18.7 Å². The fourth-order valence-electron chi connectivity index (χ4n) is 1.74. The lowest BCUT2D eigenvalue weighted by Crippen LogP contribution is -2.29. The van der Waals surface area contributed by atoms with Crippen molar-refractivity contribution in [2.45, 2.75) is 39.8 Å². The number of carbonyl (C=O) groups is 1. The highest BCUT2D eigenvalue weighted by Crippen LogP contribution is 2.20. The zero-order valence-corrected chi connectivity index (χ0v) is 12.0. The van der Waals surface area contributed by atoms with Crippen molar-refractivity contribution in [1.82, 2.24) is 5.32 Å². The Balaban J connectivity index is 2.31. The van der Waals surface area contributed by atoms with Gasteiger partial charge in [-0.3, -0.25) is 4.79 Å². The molecule has 0 bridgehead atoms. The molecule has 0 spiro atoms. The van der Waals surface area contributed by atoms with Gasteiger partial charge in [-0.05, 0) is 17.9 Å². The molecule has 4 nitrogen and oxygen atoms in total. The Kier molecular flexibility index (Phi) is 5.31. The maximum atomic E-state index is 10.9. The lowest BCUT2D eigenvalue weighted by Gasteiger charge is -2.22. The lowest BCUT2D eigenvalue weighted by atomic mass is 9.89. The molecule has 1 atom stereocenters. The maximum Gasteiger partial charge on any atom is 0.249 e. The van der Waals surface area contributed by atoms with Gasteiger partial charge in [-0.1, -0.05) is 20.8 Å². The van der Waals surface area contributed by atoms with Crippen LogP contribution in [0.15, 0.2) is 11.4 Å². The first-order chi connectivity index (χ1) is 8.28. The molecule has 0 aliphatic heterocycles. The van der Waals surface area contributed by atoms with Crippen LogP contribution in [0.3, 0.4) is 0 Å². The van der Waals surface area contributed by atoms with Gasteiger partial charge in [-0.2, -0.15) is 0 Å². The number of hydrogen-bond acceptors (Lipinski definition) is 4. The van der Waals surface area contributed by atoms with Gasteiger partial charge in [-0.25, -0.2) is 0 Å². The molecule has 1 aromatic rings. The van der Waals surface area contributed by atoms with Crippen molar-refractivity contribution in [2.24, 2.45) is 11.1 Å².